The largest absolute Gasteiger partial charge is 0.462 e. The summed E-state index contributed by atoms with van der Waals surface area (Å²) < 4.78 is 17.4. The highest BCUT2D eigenvalue weighted by atomic mass is 16.6. The van der Waals surface area contributed by atoms with Crippen molar-refractivity contribution in [3.05, 3.63) is 97.2 Å². The van der Waals surface area contributed by atoms with E-state index in [1.54, 1.807) is 0 Å². The molecule has 0 aromatic rings. The van der Waals surface area contributed by atoms with Gasteiger partial charge in [-0.15, -0.1) is 0 Å². The number of rotatable bonds is 48. The third kappa shape index (κ3) is 51.5. The van der Waals surface area contributed by atoms with Crippen molar-refractivity contribution in [2.75, 3.05) is 19.8 Å². The lowest BCUT2D eigenvalue weighted by Gasteiger charge is -2.18. The van der Waals surface area contributed by atoms with E-state index >= 15 is 0 Å². The van der Waals surface area contributed by atoms with Crippen molar-refractivity contribution < 1.29 is 23.8 Å². The fraction of sp³-hybridized carbons (Fsp3) is 0.695. The molecule has 0 spiro atoms. The first kappa shape index (κ1) is 60.8. The highest BCUT2D eigenvalue weighted by Crippen LogP contribution is 2.13. The van der Waals surface area contributed by atoms with Gasteiger partial charge < -0.3 is 14.2 Å². The average Bonchev–Trinajstić information content (AvgIpc) is 3.30. The summed E-state index contributed by atoms with van der Waals surface area (Å²) in [7, 11) is 0. The van der Waals surface area contributed by atoms with Crippen LogP contribution in [0.5, 0.6) is 0 Å². The molecular formula is C59H100O5. The third-order valence-corrected chi connectivity index (χ3v) is 11.1. The minimum Gasteiger partial charge on any atom is -0.462 e. The smallest absolute Gasteiger partial charge is 0.306 e. The number of carbonyl (C=O) groups excluding carboxylic acids is 2. The van der Waals surface area contributed by atoms with E-state index in [4.69, 9.17) is 14.2 Å². The predicted octanol–water partition coefficient (Wildman–Crippen LogP) is 18.2. The monoisotopic (exact) mass is 889 g/mol. The Hall–Kier alpha value is -3.18. The molecule has 0 N–H and O–H groups in total. The molecule has 0 aromatic heterocycles. The maximum absolute atomic E-state index is 12.8. The molecule has 0 saturated heterocycles. The molecule has 64 heavy (non-hydrogen) atoms. The summed E-state index contributed by atoms with van der Waals surface area (Å²) in [5, 5.41) is 0. The molecule has 0 aromatic carbocycles. The van der Waals surface area contributed by atoms with E-state index in [1.807, 2.05) is 0 Å². The first-order valence-electron chi connectivity index (χ1n) is 26.8. The molecule has 0 rings (SSSR count). The molecule has 5 nitrogen and oxygen atoms in total. The van der Waals surface area contributed by atoms with Crippen molar-refractivity contribution in [3.63, 3.8) is 0 Å². The highest BCUT2D eigenvalue weighted by Gasteiger charge is 2.17. The summed E-state index contributed by atoms with van der Waals surface area (Å²) in [6.07, 6.45) is 72.7. The lowest BCUT2D eigenvalue weighted by molar-refractivity contribution is -0.163. The summed E-state index contributed by atoms with van der Waals surface area (Å²) in [4.78, 5) is 25.4. The molecule has 0 heterocycles. The fourth-order valence-corrected chi connectivity index (χ4v) is 7.09. The zero-order valence-electron chi connectivity index (χ0n) is 42.0. The van der Waals surface area contributed by atoms with Crippen LogP contribution in [-0.4, -0.2) is 37.9 Å². The van der Waals surface area contributed by atoms with Crippen molar-refractivity contribution in [2.24, 2.45) is 0 Å². The Labute approximate surface area is 396 Å². The second-order valence-electron chi connectivity index (χ2n) is 17.4. The van der Waals surface area contributed by atoms with Gasteiger partial charge in [0.1, 0.15) is 6.61 Å². The summed E-state index contributed by atoms with van der Waals surface area (Å²) in [5.41, 5.74) is 0. The summed E-state index contributed by atoms with van der Waals surface area (Å²) in [6, 6.07) is 0. The van der Waals surface area contributed by atoms with Crippen molar-refractivity contribution >= 4 is 11.9 Å². The van der Waals surface area contributed by atoms with E-state index < -0.39 is 6.10 Å². The molecule has 0 amide bonds. The van der Waals surface area contributed by atoms with E-state index in [0.29, 0.717) is 19.4 Å². The molecule has 0 radical (unpaired) electrons. The molecule has 0 aliphatic rings. The average molecular weight is 889 g/mol. The van der Waals surface area contributed by atoms with Crippen LogP contribution in [0, 0.1) is 0 Å². The summed E-state index contributed by atoms with van der Waals surface area (Å²) in [5.74, 6) is -0.454. The Balaban J connectivity index is 4.34. The lowest BCUT2D eigenvalue weighted by Crippen LogP contribution is -2.30. The zero-order valence-corrected chi connectivity index (χ0v) is 42.0. The molecule has 0 aliphatic heterocycles. The van der Waals surface area contributed by atoms with Crippen LogP contribution in [-0.2, 0) is 23.8 Å². The van der Waals surface area contributed by atoms with Gasteiger partial charge in [-0.2, -0.15) is 0 Å². The molecule has 1 atom stereocenters. The van der Waals surface area contributed by atoms with Gasteiger partial charge >= 0.3 is 11.9 Å². The number of esters is 2. The Morgan fingerprint density at radius 1 is 0.359 bits per heavy atom. The van der Waals surface area contributed by atoms with E-state index in [1.165, 1.54) is 103 Å². The van der Waals surface area contributed by atoms with Gasteiger partial charge in [-0.25, -0.2) is 0 Å². The van der Waals surface area contributed by atoms with Crippen LogP contribution in [0.3, 0.4) is 0 Å². The molecule has 5 heteroatoms. The predicted molar refractivity (Wildman–Crippen MR) is 279 cm³/mol. The highest BCUT2D eigenvalue weighted by molar-refractivity contribution is 5.70. The Bertz CT molecular complexity index is 1230. The number of unbranched alkanes of at least 4 members (excludes halogenated alkanes) is 21. The van der Waals surface area contributed by atoms with E-state index in [-0.39, 0.29) is 25.2 Å². The topological polar surface area (TPSA) is 61.8 Å². The van der Waals surface area contributed by atoms with E-state index in [0.717, 1.165) is 103 Å². The zero-order chi connectivity index (χ0) is 46.3. The standard InChI is InChI=1S/C59H100O5/c1-4-7-10-13-16-19-22-25-27-29-30-31-32-35-37-40-43-46-49-52-58(60)63-56-57(64-59(61)53-50-47-44-41-38-34-24-21-18-15-12-9-6-3)55-62-54-51-48-45-42-39-36-33-28-26-23-20-17-14-11-8-5-2/h9,12,16-21,25-28,30-31,34,38,57H,4-8,10-11,13-15,22-24,29,32-33,35-37,39-56H2,1-3H3/b12-9-,19-16-,20-17-,21-18-,27-25-,28-26-,31-30-,38-34-. The Kier molecular flexibility index (Phi) is 51.5. The van der Waals surface area contributed by atoms with Crippen molar-refractivity contribution in [3.8, 4) is 0 Å². The second kappa shape index (κ2) is 54.2. The van der Waals surface area contributed by atoms with Gasteiger partial charge in [0.05, 0.1) is 6.61 Å². The van der Waals surface area contributed by atoms with Gasteiger partial charge in [-0.1, -0.05) is 201 Å². The van der Waals surface area contributed by atoms with Gasteiger partial charge in [0.25, 0.3) is 0 Å². The van der Waals surface area contributed by atoms with Crippen molar-refractivity contribution in [1.29, 1.82) is 0 Å². The molecule has 366 valence electrons. The minimum absolute atomic E-state index is 0.0574. The van der Waals surface area contributed by atoms with Gasteiger partial charge in [0.2, 0.25) is 0 Å². The number of allylic oxidation sites excluding steroid dienone is 16. The molecule has 0 fully saturated rings. The third-order valence-electron chi connectivity index (χ3n) is 11.1. The maximum Gasteiger partial charge on any atom is 0.306 e. The maximum atomic E-state index is 12.8. The molecule has 0 aliphatic carbocycles. The van der Waals surface area contributed by atoms with Crippen LogP contribution in [0.4, 0.5) is 0 Å². The molecular weight excluding hydrogens is 789 g/mol. The Morgan fingerprint density at radius 2 is 0.703 bits per heavy atom. The normalized spacial score (nSPS) is 13.0. The molecule has 0 saturated carbocycles. The number of carbonyl (C=O) groups is 2. The van der Waals surface area contributed by atoms with Crippen molar-refractivity contribution in [1.82, 2.24) is 0 Å². The van der Waals surface area contributed by atoms with E-state index in [2.05, 4.69) is 118 Å². The Morgan fingerprint density at radius 3 is 1.14 bits per heavy atom. The van der Waals surface area contributed by atoms with Gasteiger partial charge in [0, 0.05) is 19.4 Å². The second-order valence-corrected chi connectivity index (χ2v) is 17.4. The van der Waals surface area contributed by atoms with Gasteiger partial charge in [-0.3, -0.25) is 9.59 Å². The SMILES string of the molecule is CC/C=C\C/C=C\C/C=C\CCCCCC(=O)OC(COCCCCCCCC/C=C\C/C=C\CCCCC)COC(=O)CCCCCCCC/C=C\C/C=C\C/C=C\CCCCC. The first-order chi connectivity index (χ1) is 31.6. The number of hydrogen-bond acceptors (Lipinski definition) is 5. The quantitative estimate of drug-likeness (QED) is 0.0346. The lowest BCUT2D eigenvalue weighted by atomic mass is 10.1. The van der Waals surface area contributed by atoms with Crippen molar-refractivity contribution in [2.45, 2.75) is 245 Å². The van der Waals surface area contributed by atoms with Gasteiger partial charge in [-0.05, 0) is 122 Å². The number of hydrogen-bond donors (Lipinski definition) is 0. The fourth-order valence-electron chi connectivity index (χ4n) is 7.09. The van der Waals surface area contributed by atoms with E-state index in [9.17, 15) is 9.59 Å². The first-order valence-corrected chi connectivity index (χ1v) is 26.8. The van der Waals surface area contributed by atoms with Gasteiger partial charge in [0.15, 0.2) is 6.10 Å². The molecule has 1 unspecified atom stereocenters. The summed E-state index contributed by atoms with van der Waals surface area (Å²) in [6.45, 7) is 7.59. The van der Waals surface area contributed by atoms with Crippen LogP contribution in [0.15, 0.2) is 97.2 Å². The van der Waals surface area contributed by atoms with Crippen LogP contribution in [0.2, 0.25) is 0 Å². The summed E-state index contributed by atoms with van der Waals surface area (Å²) >= 11 is 0. The number of ether oxygens (including phenoxy) is 3. The molecule has 0 bridgehead atoms. The van der Waals surface area contributed by atoms with Crippen LogP contribution in [0.1, 0.15) is 239 Å². The van der Waals surface area contributed by atoms with Crippen LogP contribution < -0.4 is 0 Å². The van der Waals surface area contributed by atoms with Crippen LogP contribution >= 0.6 is 0 Å². The van der Waals surface area contributed by atoms with Crippen LogP contribution in [0.25, 0.3) is 0 Å². The minimum atomic E-state index is -0.568.